The lowest BCUT2D eigenvalue weighted by Gasteiger charge is -2.16. The average molecular weight is 251 g/mol. The molecule has 0 amide bonds. The van der Waals surface area contributed by atoms with Gasteiger partial charge in [-0.2, -0.15) is 0 Å². The zero-order valence-electron chi connectivity index (χ0n) is 10.5. The highest BCUT2D eigenvalue weighted by Gasteiger charge is 2.14. The SMILES string of the molecule is CCCCC(C)n1c(CCl)nc2ccccc21. The zero-order valence-corrected chi connectivity index (χ0v) is 11.2. The largest absolute Gasteiger partial charge is 0.324 e. The lowest BCUT2D eigenvalue weighted by atomic mass is 10.1. The number of hydrogen-bond donors (Lipinski definition) is 0. The van der Waals surface area contributed by atoms with Crippen LogP contribution in [-0.4, -0.2) is 9.55 Å². The van der Waals surface area contributed by atoms with Crippen molar-refractivity contribution in [2.75, 3.05) is 0 Å². The quantitative estimate of drug-likeness (QED) is 0.713. The van der Waals surface area contributed by atoms with Gasteiger partial charge in [-0.05, 0) is 25.5 Å². The molecule has 1 atom stereocenters. The van der Waals surface area contributed by atoms with Gasteiger partial charge in [0.05, 0.1) is 16.9 Å². The lowest BCUT2D eigenvalue weighted by Crippen LogP contribution is -2.08. The Labute approximate surface area is 108 Å². The van der Waals surface area contributed by atoms with Crippen molar-refractivity contribution in [3.05, 3.63) is 30.1 Å². The molecule has 0 aliphatic carbocycles. The zero-order chi connectivity index (χ0) is 12.3. The Balaban J connectivity index is 2.42. The summed E-state index contributed by atoms with van der Waals surface area (Å²) < 4.78 is 2.29. The van der Waals surface area contributed by atoms with E-state index in [0.29, 0.717) is 11.9 Å². The fourth-order valence-electron chi connectivity index (χ4n) is 2.31. The molecule has 17 heavy (non-hydrogen) atoms. The van der Waals surface area contributed by atoms with Gasteiger partial charge in [-0.1, -0.05) is 31.9 Å². The van der Waals surface area contributed by atoms with Crippen LogP contribution in [0.1, 0.15) is 45.0 Å². The smallest absolute Gasteiger partial charge is 0.125 e. The first-order chi connectivity index (χ1) is 8.27. The minimum atomic E-state index is 0.469. The van der Waals surface area contributed by atoms with Crippen LogP contribution in [-0.2, 0) is 5.88 Å². The van der Waals surface area contributed by atoms with Gasteiger partial charge in [0.25, 0.3) is 0 Å². The molecule has 0 aliphatic rings. The molecule has 0 fully saturated rings. The van der Waals surface area contributed by atoms with E-state index in [2.05, 4.69) is 41.6 Å². The molecule has 0 radical (unpaired) electrons. The number of hydrogen-bond acceptors (Lipinski definition) is 1. The summed E-state index contributed by atoms with van der Waals surface area (Å²) in [5, 5.41) is 0. The van der Waals surface area contributed by atoms with Crippen LogP contribution in [0.15, 0.2) is 24.3 Å². The summed E-state index contributed by atoms with van der Waals surface area (Å²) in [4.78, 5) is 4.59. The average Bonchev–Trinajstić information content (AvgIpc) is 2.74. The number of rotatable bonds is 5. The van der Waals surface area contributed by atoms with E-state index >= 15 is 0 Å². The Morgan fingerprint density at radius 2 is 2.12 bits per heavy atom. The van der Waals surface area contributed by atoms with Crippen LogP contribution in [0.5, 0.6) is 0 Å². The van der Waals surface area contributed by atoms with Crippen LogP contribution in [0.4, 0.5) is 0 Å². The molecule has 2 nitrogen and oxygen atoms in total. The molecule has 0 N–H and O–H groups in total. The highest BCUT2D eigenvalue weighted by Crippen LogP contribution is 2.25. The molecule has 0 aliphatic heterocycles. The normalized spacial score (nSPS) is 13.1. The molecule has 0 bridgehead atoms. The van der Waals surface area contributed by atoms with Crippen LogP contribution in [0.2, 0.25) is 0 Å². The third-order valence-electron chi connectivity index (χ3n) is 3.20. The van der Waals surface area contributed by atoms with Gasteiger partial charge in [-0.3, -0.25) is 0 Å². The molecule has 1 aromatic carbocycles. The van der Waals surface area contributed by atoms with Crippen molar-refractivity contribution >= 4 is 22.6 Å². The van der Waals surface area contributed by atoms with Crippen LogP contribution >= 0.6 is 11.6 Å². The number of imidazole rings is 1. The van der Waals surface area contributed by atoms with Gasteiger partial charge in [0.1, 0.15) is 5.82 Å². The molecular formula is C14H19ClN2. The fraction of sp³-hybridized carbons (Fsp3) is 0.500. The van der Waals surface area contributed by atoms with Crippen LogP contribution in [0, 0.1) is 0 Å². The maximum absolute atomic E-state index is 6.00. The summed E-state index contributed by atoms with van der Waals surface area (Å²) in [6, 6.07) is 8.73. The van der Waals surface area contributed by atoms with Gasteiger partial charge in [0.15, 0.2) is 0 Å². The van der Waals surface area contributed by atoms with E-state index in [-0.39, 0.29) is 0 Å². The minimum absolute atomic E-state index is 0.469. The second kappa shape index (κ2) is 5.54. The minimum Gasteiger partial charge on any atom is -0.324 e. The van der Waals surface area contributed by atoms with Gasteiger partial charge in [0.2, 0.25) is 0 Å². The number of para-hydroxylation sites is 2. The van der Waals surface area contributed by atoms with Crippen LogP contribution < -0.4 is 0 Å². The van der Waals surface area contributed by atoms with E-state index in [4.69, 9.17) is 11.6 Å². The van der Waals surface area contributed by atoms with Crippen molar-refractivity contribution < 1.29 is 0 Å². The third-order valence-corrected chi connectivity index (χ3v) is 3.44. The first kappa shape index (κ1) is 12.4. The number of nitrogens with zero attached hydrogens (tertiary/aromatic N) is 2. The van der Waals surface area contributed by atoms with E-state index in [1.165, 1.54) is 24.8 Å². The van der Waals surface area contributed by atoms with E-state index in [0.717, 1.165) is 11.3 Å². The number of alkyl halides is 1. The predicted octanol–water partition coefficient (Wildman–Crippen LogP) is 4.53. The highest BCUT2D eigenvalue weighted by atomic mass is 35.5. The number of benzene rings is 1. The Morgan fingerprint density at radius 1 is 1.35 bits per heavy atom. The van der Waals surface area contributed by atoms with Crippen molar-refractivity contribution in [3.8, 4) is 0 Å². The number of fused-ring (bicyclic) bond motifs is 1. The topological polar surface area (TPSA) is 17.8 Å². The summed E-state index contributed by atoms with van der Waals surface area (Å²) in [6.45, 7) is 4.47. The van der Waals surface area contributed by atoms with Gasteiger partial charge in [0, 0.05) is 6.04 Å². The Kier molecular flexibility index (Phi) is 4.06. The lowest BCUT2D eigenvalue weighted by molar-refractivity contribution is 0.485. The summed E-state index contributed by atoms with van der Waals surface area (Å²) in [5.74, 6) is 1.46. The fourth-order valence-corrected chi connectivity index (χ4v) is 2.50. The standard InChI is InChI=1S/C14H19ClN2/c1-3-4-7-11(2)17-13-9-6-5-8-12(13)16-14(17)10-15/h5-6,8-9,11H,3-4,7,10H2,1-2H3. The Hall–Kier alpha value is -1.02. The first-order valence-corrected chi connectivity index (χ1v) is 6.83. The van der Waals surface area contributed by atoms with Gasteiger partial charge in [-0.15, -0.1) is 11.6 Å². The number of halogens is 1. The molecule has 0 saturated heterocycles. The van der Waals surface area contributed by atoms with E-state index in [9.17, 15) is 0 Å². The molecule has 0 spiro atoms. The van der Waals surface area contributed by atoms with Crippen LogP contribution in [0.25, 0.3) is 11.0 Å². The van der Waals surface area contributed by atoms with Crippen molar-refractivity contribution in [3.63, 3.8) is 0 Å². The highest BCUT2D eigenvalue weighted by molar-refractivity contribution is 6.16. The third kappa shape index (κ3) is 2.47. The van der Waals surface area contributed by atoms with Crippen molar-refractivity contribution in [2.45, 2.75) is 45.0 Å². The van der Waals surface area contributed by atoms with Crippen LogP contribution in [0.3, 0.4) is 0 Å². The number of aromatic nitrogens is 2. The van der Waals surface area contributed by atoms with E-state index in [1.54, 1.807) is 0 Å². The maximum Gasteiger partial charge on any atom is 0.125 e. The monoisotopic (exact) mass is 250 g/mol. The second-order valence-electron chi connectivity index (χ2n) is 4.51. The van der Waals surface area contributed by atoms with Crippen molar-refractivity contribution in [1.82, 2.24) is 9.55 Å². The molecule has 2 rings (SSSR count). The Bertz CT molecular complexity index is 490. The Morgan fingerprint density at radius 3 is 2.82 bits per heavy atom. The molecule has 1 heterocycles. The molecule has 1 unspecified atom stereocenters. The summed E-state index contributed by atoms with van der Waals surface area (Å²) in [7, 11) is 0. The number of unbranched alkanes of at least 4 members (excludes halogenated alkanes) is 1. The molecule has 2 aromatic rings. The summed E-state index contributed by atoms with van der Waals surface area (Å²) in [5.41, 5.74) is 2.25. The molecule has 0 saturated carbocycles. The molecule has 3 heteroatoms. The van der Waals surface area contributed by atoms with Gasteiger partial charge in [-0.25, -0.2) is 4.98 Å². The molecular weight excluding hydrogens is 232 g/mol. The second-order valence-corrected chi connectivity index (χ2v) is 4.78. The molecule has 1 aromatic heterocycles. The predicted molar refractivity (Wildman–Crippen MR) is 73.5 cm³/mol. The van der Waals surface area contributed by atoms with Crippen molar-refractivity contribution in [2.24, 2.45) is 0 Å². The van der Waals surface area contributed by atoms with Crippen molar-refractivity contribution in [1.29, 1.82) is 0 Å². The summed E-state index contributed by atoms with van der Waals surface area (Å²) in [6.07, 6.45) is 3.66. The van der Waals surface area contributed by atoms with Gasteiger partial charge < -0.3 is 4.57 Å². The summed E-state index contributed by atoms with van der Waals surface area (Å²) >= 11 is 6.00. The van der Waals surface area contributed by atoms with Gasteiger partial charge >= 0.3 is 0 Å². The van der Waals surface area contributed by atoms with E-state index < -0.39 is 0 Å². The van der Waals surface area contributed by atoms with E-state index in [1.807, 2.05) is 6.07 Å². The molecule has 92 valence electrons. The maximum atomic E-state index is 6.00. The first-order valence-electron chi connectivity index (χ1n) is 6.29.